The van der Waals surface area contributed by atoms with Gasteiger partial charge in [-0.15, -0.1) is 0 Å². The number of rotatable bonds is 5. The molecule has 4 nitrogen and oxygen atoms in total. The Morgan fingerprint density at radius 3 is 2.17 bits per heavy atom. The van der Waals surface area contributed by atoms with Crippen LogP contribution in [0.4, 0.5) is 0 Å². The predicted molar refractivity (Wildman–Crippen MR) is 75.4 cm³/mol. The van der Waals surface area contributed by atoms with Gasteiger partial charge in [0.15, 0.2) is 0 Å². The van der Waals surface area contributed by atoms with Crippen molar-refractivity contribution in [2.75, 3.05) is 6.54 Å². The van der Waals surface area contributed by atoms with E-state index in [-0.39, 0.29) is 12.3 Å². The third-order valence-corrected chi connectivity index (χ3v) is 4.23. The monoisotopic (exact) mass is 310 g/mol. The molecular weight excluding hydrogens is 295 g/mol. The lowest BCUT2D eigenvalue weighted by molar-refractivity contribution is 0.462. The summed E-state index contributed by atoms with van der Waals surface area (Å²) < 4.78 is 26.4. The van der Waals surface area contributed by atoms with Crippen LogP contribution in [0.3, 0.4) is 0 Å². The summed E-state index contributed by atoms with van der Waals surface area (Å²) in [6, 6.07) is 4.70. The minimum Gasteiger partial charge on any atom is -0.329 e. The molecule has 0 spiro atoms. The van der Waals surface area contributed by atoms with Gasteiger partial charge in [0.05, 0.1) is 5.75 Å². The summed E-state index contributed by atoms with van der Waals surface area (Å²) in [4.78, 5) is 0. The van der Waals surface area contributed by atoms with E-state index in [1.165, 1.54) is 0 Å². The van der Waals surface area contributed by atoms with Gasteiger partial charge in [-0.3, -0.25) is 0 Å². The summed E-state index contributed by atoms with van der Waals surface area (Å²) in [6.45, 7) is 3.65. The smallest absolute Gasteiger partial charge is 0.216 e. The van der Waals surface area contributed by atoms with E-state index in [1.54, 1.807) is 32.0 Å². The molecule has 0 aliphatic carbocycles. The van der Waals surface area contributed by atoms with Gasteiger partial charge in [0.25, 0.3) is 0 Å². The molecule has 0 amide bonds. The number of hydrogen-bond acceptors (Lipinski definition) is 3. The minimum atomic E-state index is -3.49. The van der Waals surface area contributed by atoms with Crippen molar-refractivity contribution in [3.05, 3.63) is 33.8 Å². The Kier molecular flexibility index (Phi) is 5.03. The lowest BCUT2D eigenvalue weighted by Crippen LogP contribution is -2.49. The molecule has 0 aliphatic rings. The summed E-state index contributed by atoms with van der Waals surface area (Å²) in [6.07, 6.45) is 0. The second kappa shape index (κ2) is 5.75. The van der Waals surface area contributed by atoms with E-state index in [0.717, 1.165) is 0 Å². The highest BCUT2D eigenvalue weighted by Gasteiger charge is 2.23. The molecule has 7 heteroatoms. The summed E-state index contributed by atoms with van der Waals surface area (Å²) in [5, 5.41) is 0.816. The number of sulfonamides is 1. The van der Waals surface area contributed by atoms with E-state index < -0.39 is 15.6 Å². The summed E-state index contributed by atoms with van der Waals surface area (Å²) in [5.74, 6) is -0.184. The van der Waals surface area contributed by atoms with E-state index in [4.69, 9.17) is 28.9 Å². The van der Waals surface area contributed by atoms with Crippen molar-refractivity contribution in [3.8, 4) is 0 Å². The molecule has 0 saturated carbocycles. The molecule has 102 valence electrons. The molecule has 1 rings (SSSR count). The normalized spacial score (nSPS) is 12.7. The fourth-order valence-electron chi connectivity index (χ4n) is 1.41. The van der Waals surface area contributed by atoms with Crippen LogP contribution in [0.25, 0.3) is 0 Å². The molecule has 0 atom stereocenters. The van der Waals surface area contributed by atoms with Crippen molar-refractivity contribution in [2.24, 2.45) is 5.73 Å². The van der Waals surface area contributed by atoms with Crippen LogP contribution in [-0.2, 0) is 15.8 Å². The molecular formula is C11H16Cl2N2O2S. The van der Waals surface area contributed by atoms with Crippen LogP contribution in [0.2, 0.25) is 10.0 Å². The number of benzene rings is 1. The molecule has 0 saturated heterocycles. The topological polar surface area (TPSA) is 72.2 Å². The number of hydrogen-bond donors (Lipinski definition) is 2. The molecule has 0 aliphatic heterocycles. The van der Waals surface area contributed by atoms with Gasteiger partial charge >= 0.3 is 0 Å². The summed E-state index contributed by atoms with van der Waals surface area (Å²) in [7, 11) is -3.49. The number of nitrogens with one attached hydrogen (secondary N) is 1. The van der Waals surface area contributed by atoms with Crippen LogP contribution in [0, 0.1) is 0 Å². The van der Waals surface area contributed by atoms with Gasteiger partial charge in [-0.2, -0.15) is 0 Å². The average Bonchev–Trinajstić information content (AvgIpc) is 2.12. The van der Waals surface area contributed by atoms with Crippen molar-refractivity contribution in [1.29, 1.82) is 0 Å². The molecule has 0 unspecified atom stereocenters. The van der Waals surface area contributed by atoms with Crippen molar-refractivity contribution >= 4 is 33.2 Å². The van der Waals surface area contributed by atoms with Gasteiger partial charge in [0.2, 0.25) is 10.0 Å². The zero-order chi connectivity index (χ0) is 14.0. The summed E-state index contributed by atoms with van der Waals surface area (Å²) >= 11 is 11.6. The lowest BCUT2D eigenvalue weighted by Gasteiger charge is -2.23. The largest absolute Gasteiger partial charge is 0.329 e. The van der Waals surface area contributed by atoms with Crippen molar-refractivity contribution < 1.29 is 8.42 Å². The zero-order valence-corrected chi connectivity index (χ0v) is 12.5. The molecule has 0 radical (unpaired) electrons. The first-order valence-electron chi connectivity index (χ1n) is 5.30. The molecule has 18 heavy (non-hydrogen) atoms. The predicted octanol–water partition coefficient (Wildman–Crippen LogP) is 2.15. The highest BCUT2D eigenvalue weighted by molar-refractivity contribution is 7.88. The van der Waals surface area contributed by atoms with Crippen LogP contribution in [-0.4, -0.2) is 20.5 Å². The molecule has 0 bridgehead atoms. The van der Waals surface area contributed by atoms with Gasteiger partial charge in [-0.25, -0.2) is 13.1 Å². The molecule has 0 aromatic heterocycles. The van der Waals surface area contributed by atoms with Crippen LogP contribution in [0.5, 0.6) is 0 Å². The first kappa shape index (κ1) is 15.7. The maximum absolute atomic E-state index is 11.9. The average molecular weight is 311 g/mol. The van der Waals surface area contributed by atoms with Crippen LogP contribution < -0.4 is 10.5 Å². The fourth-order valence-corrected chi connectivity index (χ4v) is 3.59. The Morgan fingerprint density at radius 2 is 1.72 bits per heavy atom. The van der Waals surface area contributed by atoms with E-state index in [9.17, 15) is 8.42 Å². The SMILES string of the molecule is CC(C)(CN)NS(=O)(=O)Cc1cc(Cl)cc(Cl)c1. The van der Waals surface area contributed by atoms with Crippen LogP contribution in [0.1, 0.15) is 19.4 Å². The van der Waals surface area contributed by atoms with Gasteiger partial charge in [-0.1, -0.05) is 23.2 Å². The Morgan fingerprint density at radius 1 is 1.22 bits per heavy atom. The maximum atomic E-state index is 11.9. The Labute approximate surface area is 118 Å². The maximum Gasteiger partial charge on any atom is 0.216 e. The Bertz CT molecular complexity index is 510. The number of nitrogens with two attached hydrogens (primary N) is 1. The first-order chi connectivity index (χ1) is 8.13. The van der Waals surface area contributed by atoms with Crippen molar-refractivity contribution in [2.45, 2.75) is 25.1 Å². The fraction of sp³-hybridized carbons (Fsp3) is 0.455. The van der Waals surface area contributed by atoms with Crippen molar-refractivity contribution in [3.63, 3.8) is 0 Å². The highest BCUT2D eigenvalue weighted by atomic mass is 35.5. The Hall–Kier alpha value is -0.330. The first-order valence-corrected chi connectivity index (χ1v) is 7.71. The zero-order valence-electron chi connectivity index (χ0n) is 10.2. The molecule has 3 N–H and O–H groups in total. The van der Waals surface area contributed by atoms with E-state index in [0.29, 0.717) is 15.6 Å². The van der Waals surface area contributed by atoms with Crippen LogP contribution in [0.15, 0.2) is 18.2 Å². The molecule has 0 fully saturated rings. The van der Waals surface area contributed by atoms with Gasteiger partial charge in [0, 0.05) is 22.1 Å². The van der Waals surface area contributed by atoms with E-state index in [2.05, 4.69) is 4.72 Å². The van der Waals surface area contributed by atoms with Gasteiger partial charge in [0.1, 0.15) is 0 Å². The third kappa shape index (κ3) is 5.12. The van der Waals surface area contributed by atoms with Gasteiger partial charge in [-0.05, 0) is 37.6 Å². The second-order valence-corrected chi connectivity index (χ2v) is 7.32. The second-order valence-electron chi connectivity index (χ2n) is 4.73. The molecule has 1 aromatic carbocycles. The minimum absolute atomic E-state index is 0.184. The van der Waals surface area contributed by atoms with E-state index >= 15 is 0 Å². The quantitative estimate of drug-likeness (QED) is 0.875. The third-order valence-electron chi connectivity index (χ3n) is 2.22. The van der Waals surface area contributed by atoms with E-state index in [1.807, 2.05) is 0 Å². The lowest BCUT2D eigenvalue weighted by atomic mass is 10.1. The molecule has 0 heterocycles. The molecule has 1 aromatic rings. The van der Waals surface area contributed by atoms with Gasteiger partial charge < -0.3 is 5.73 Å². The Balaban J connectivity index is 2.89. The van der Waals surface area contributed by atoms with Crippen LogP contribution >= 0.6 is 23.2 Å². The van der Waals surface area contributed by atoms with Crippen molar-refractivity contribution in [1.82, 2.24) is 4.72 Å². The summed E-state index contributed by atoms with van der Waals surface area (Å²) in [5.41, 5.74) is 5.34. The highest BCUT2D eigenvalue weighted by Crippen LogP contribution is 2.20. The standard InChI is InChI=1S/C11H16Cl2N2O2S/c1-11(2,7-14)15-18(16,17)6-8-3-9(12)5-10(13)4-8/h3-5,15H,6-7,14H2,1-2H3. The number of halogens is 2.